The van der Waals surface area contributed by atoms with Crippen molar-refractivity contribution in [3.05, 3.63) is 58.6 Å². The third-order valence-corrected chi connectivity index (χ3v) is 5.78. The van der Waals surface area contributed by atoms with Crippen molar-refractivity contribution in [1.29, 1.82) is 0 Å². The molecular weight excluding hydrogens is 399 g/mol. The van der Waals surface area contributed by atoms with Crippen LogP contribution in [0.1, 0.15) is 6.92 Å². The number of rotatable bonds is 5. The molecule has 4 nitrogen and oxygen atoms in total. The van der Waals surface area contributed by atoms with Gasteiger partial charge in [-0.2, -0.15) is 0 Å². The van der Waals surface area contributed by atoms with Crippen molar-refractivity contribution in [2.75, 3.05) is 42.9 Å². The number of halogens is 2. The van der Waals surface area contributed by atoms with Crippen LogP contribution >= 0.6 is 35.4 Å². The molecule has 144 valence electrons. The number of nitrogens with zero attached hydrogens (tertiary/aromatic N) is 2. The zero-order chi connectivity index (χ0) is 19.2. The highest BCUT2D eigenvalue weighted by Crippen LogP contribution is 2.25. The predicted octanol–water partition coefficient (Wildman–Crippen LogP) is 4.49. The average molecular weight is 423 g/mol. The molecule has 2 aromatic rings. The molecule has 1 saturated heterocycles. The summed E-state index contributed by atoms with van der Waals surface area (Å²) >= 11 is 17.4. The molecular formula is C20H24Cl2N4S. The van der Waals surface area contributed by atoms with E-state index in [1.54, 1.807) is 12.1 Å². The molecule has 1 atom stereocenters. The fourth-order valence-corrected chi connectivity index (χ4v) is 3.68. The van der Waals surface area contributed by atoms with Crippen LogP contribution in [0.3, 0.4) is 0 Å². The van der Waals surface area contributed by atoms with Crippen molar-refractivity contribution < 1.29 is 0 Å². The van der Waals surface area contributed by atoms with Crippen LogP contribution in [0.2, 0.25) is 10.0 Å². The van der Waals surface area contributed by atoms with Crippen LogP contribution in [-0.4, -0.2) is 48.8 Å². The van der Waals surface area contributed by atoms with Gasteiger partial charge in [-0.1, -0.05) is 41.4 Å². The van der Waals surface area contributed by atoms with Gasteiger partial charge < -0.3 is 15.5 Å². The Morgan fingerprint density at radius 3 is 2.41 bits per heavy atom. The molecule has 1 fully saturated rings. The molecule has 1 aliphatic heterocycles. The van der Waals surface area contributed by atoms with E-state index < -0.39 is 0 Å². The summed E-state index contributed by atoms with van der Waals surface area (Å²) in [4.78, 5) is 4.93. The zero-order valence-electron chi connectivity index (χ0n) is 15.3. The molecule has 2 N–H and O–H groups in total. The number of anilines is 2. The molecule has 1 aliphatic rings. The molecule has 27 heavy (non-hydrogen) atoms. The summed E-state index contributed by atoms with van der Waals surface area (Å²) in [6.07, 6.45) is 0. The highest BCUT2D eigenvalue weighted by atomic mass is 35.5. The Morgan fingerprint density at radius 1 is 1.04 bits per heavy atom. The Bertz CT molecular complexity index is 764. The largest absolute Gasteiger partial charge is 0.369 e. The minimum Gasteiger partial charge on any atom is -0.369 e. The van der Waals surface area contributed by atoms with Gasteiger partial charge in [-0.3, -0.25) is 4.90 Å². The maximum atomic E-state index is 6.04. The number of hydrogen-bond donors (Lipinski definition) is 2. The lowest BCUT2D eigenvalue weighted by atomic mass is 10.2. The van der Waals surface area contributed by atoms with Crippen LogP contribution in [0.25, 0.3) is 0 Å². The SMILES string of the molecule is CC(CNC(=S)Nc1ccc(Cl)c(Cl)c1)N1CCN(c2ccccc2)CC1. The Morgan fingerprint density at radius 2 is 1.74 bits per heavy atom. The van der Waals surface area contributed by atoms with E-state index in [0.717, 1.165) is 38.4 Å². The fraction of sp³-hybridized carbons (Fsp3) is 0.350. The molecule has 7 heteroatoms. The first kappa shape index (κ1) is 20.2. The maximum absolute atomic E-state index is 6.04. The number of piperazine rings is 1. The van der Waals surface area contributed by atoms with Crippen molar-refractivity contribution in [2.24, 2.45) is 0 Å². The molecule has 0 amide bonds. The fourth-order valence-electron chi connectivity index (χ4n) is 3.18. The molecule has 1 heterocycles. The quantitative estimate of drug-likeness (QED) is 0.692. The molecule has 0 saturated carbocycles. The average Bonchev–Trinajstić information content (AvgIpc) is 2.70. The highest BCUT2D eigenvalue weighted by Gasteiger charge is 2.21. The van der Waals surface area contributed by atoms with Gasteiger partial charge in [0, 0.05) is 50.1 Å². The normalized spacial score (nSPS) is 16.0. The minimum atomic E-state index is 0.400. The van der Waals surface area contributed by atoms with Gasteiger partial charge in [-0.25, -0.2) is 0 Å². The second-order valence-electron chi connectivity index (χ2n) is 6.67. The number of thiocarbonyl (C=S) groups is 1. The lowest BCUT2D eigenvalue weighted by Crippen LogP contribution is -2.52. The Balaban J connectivity index is 1.42. The van der Waals surface area contributed by atoms with Crippen molar-refractivity contribution in [1.82, 2.24) is 10.2 Å². The monoisotopic (exact) mass is 422 g/mol. The summed E-state index contributed by atoms with van der Waals surface area (Å²) < 4.78 is 0. The van der Waals surface area contributed by atoms with Crippen LogP contribution in [0.5, 0.6) is 0 Å². The summed E-state index contributed by atoms with van der Waals surface area (Å²) in [6, 6.07) is 16.4. The van der Waals surface area contributed by atoms with E-state index in [0.29, 0.717) is 21.2 Å². The van der Waals surface area contributed by atoms with E-state index in [-0.39, 0.29) is 0 Å². The van der Waals surface area contributed by atoms with E-state index in [2.05, 4.69) is 57.7 Å². The topological polar surface area (TPSA) is 30.5 Å². The zero-order valence-corrected chi connectivity index (χ0v) is 17.6. The Kier molecular flexibility index (Phi) is 7.19. The number of para-hydroxylation sites is 1. The molecule has 0 aliphatic carbocycles. The second kappa shape index (κ2) is 9.60. The van der Waals surface area contributed by atoms with Gasteiger partial charge >= 0.3 is 0 Å². The summed E-state index contributed by atoms with van der Waals surface area (Å²) in [6.45, 7) is 7.20. The van der Waals surface area contributed by atoms with Gasteiger partial charge in [-0.15, -0.1) is 0 Å². The maximum Gasteiger partial charge on any atom is 0.170 e. The first-order chi connectivity index (χ1) is 13.0. The predicted molar refractivity (Wildman–Crippen MR) is 120 cm³/mol. The number of nitrogens with one attached hydrogen (secondary N) is 2. The van der Waals surface area contributed by atoms with E-state index in [4.69, 9.17) is 35.4 Å². The van der Waals surface area contributed by atoms with Gasteiger partial charge in [0.2, 0.25) is 0 Å². The summed E-state index contributed by atoms with van der Waals surface area (Å²) in [5, 5.41) is 8.07. The van der Waals surface area contributed by atoms with Gasteiger partial charge in [0.25, 0.3) is 0 Å². The van der Waals surface area contributed by atoms with Crippen LogP contribution in [-0.2, 0) is 0 Å². The molecule has 0 radical (unpaired) electrons. The first-order valence-electron chi connectivity index (χ1n) is 9.07. The van der Waals surface area contributed by atoms with Crippen LogP contribution in [0, 0.1) is 0 Å². The van der Waals surface area contributed by atoms with E-state index in [1.807, 2.05) is 6.07 Å². The van der Waals surface area contributed by atoms with Crippen LogP contribution < -0.4 is 15.5 Å². The third-order valence-electron chi connectivity index (χ3n) is 4.79. The lowest BCUT2D eigenvalue weighted by Gasteiger charge is -2.39. The van der Waals surface area contributed by atoms with E-state index in [9.17, 15) is 0 Å². The van der Waals surface area contributed by atoms with Crippen molar-refractivity contribution in [3.63, 3.8) is 0 Å². The van der Waals surface area contributed by atoms with Crippen molar-refractivity contribution >= 4 is 51.9 Å². The van der Waals surface area contributed by atoms with Crippen LogP contribution in [0.15, 0.2) is 48.5 Å². The van der Waals surface area contributed by atoms with Crippen LogP contribution in [0.4, 0.5) is 11.4 Å². The highest BCUT2D eigenvalue weighted by molar-refractivity contribution is 7.80. The van der Waals surface area contributed by atoms with Gasteiger partial charge in [0.1, 0.15) is 0 Å². The van der Waals surface area contributed by atoms with Crippen molar-refractivity contribution in [3.8, 4) is 0 Å². The van der Waals surface area contributed by atoms with Crippen molar-refractivity contribution in [2.45, 2.75) is 13.0 Å². The molecule has 0 aromatic heterocycles. The smallest absolute Gasteiger partial charge is 0.170 e. The standard InChI is InChI=1S/C20H24Cl2N4S/c1-15(14-23-20(27)24-16-7-8-18(21)19(22)13-16)25-9-11-26(12-10-25)17-5-3-2-4-6-17/h2-8,13,15H,9-12,14H2,1H3,(H2,23,24,27). The summed E-state index contributed by atoms with van der Waals surface area (Å²) in [5.74, 6) is 0. The van der Waals surface area contributed by atoms with Gasteiger partial charge in [-0.05, 0) is 49.5 Å². The summed E-state index contributed by atoms with van der Waals surface area (Å²) in [7, 11) is 0. The molecule has 1 unspecified atom stereocenters. The van der Waals surface area contributed by atoms with Gasteiger partial charge in [0.05, 0.1) is 10.0 Å². The summed E-state index contributed by atoms with van der Waals surface area (Å²) in [5.41, 5.74) is 2.13. The molecule has 2 aromatic carbocycles. The Labute approximate surface area is 176 Å². The Hall–Kier alpha value is -1.53. The number of hydrogen-bond acceptors (Lipinski definition) is 3. The van der Waals surface area contributed by atoms with E-state index in [1.165, 1.54) is 5.69 Å². The molecule has 3 rings (SSSR count). The van der Waals surface area contributed by atoms with E-state index >= 15 is 0 Å². The first-order valence-corrected chi connectivity index (χ1v) is 10.2. The molecule has 0 bridgehead atoms. The lowest BCUT2D eigenvalue weighted by molar-refractivity contribution is 0.198. The van der Waals surface area contributed by atoms with Gasteiger partial charge in [0.15, 0.2) is 5.11 Å². The number of benzene rings is 2. The third kappa shape index (κ3) is 5.72. The second-order valence-corrected chi connectivity index (χ2v) is 7.89. The molecule has 0 spiro atoms. The minimum absolute atomic E-state index is 0.400.